The van der Waals surface area contributed by atoms with Crippen LogP contribution in [0.1, 0.15) is 13.3 Å². The van der Waals surface area contributed by atoms with Gasteiger partial charge in [-0.3, -0.25) is 0 Å². The number of rotatable bonds is 6. The van der Waals surface area contributed by atoms with Gasteiger partial charge in [0, 0.05) is 0 Å². The van der Waals surface area contributed by atoms with E-state index in [2.05, 4.69) is 53.1 Å². The van der Waals surface area contributed by atoms with Crippen molar-refractivity contribution in [3.8, 4) is 0 Å². The van der Waals surface area contributed by atoms with Gasteiger partial charge in [-0.05, 0) is 51.2 Å². The van der Waals surface area contributed by atoms with E-state index in [-0.39, 0.29) is 0 Å². The minimum absolute atomic E-state index is 0.517. The second-order valence-electron chi connectivity index (χ2n) is 6.09. The molecule has 5 heteroatoms. The van der Waals surface area contributed by atoms with E-state index in [1.807, 2.05) is 0 Å². The normalized spacial score (nSPS) is 15.8. The Bertz CT molecular complexity index is 168. The van der Waals surface area contributed by atoms with Crippen molar-refractivity contribution >= 4 is 25.9 Å². The Morgan fingerprint density at radius 2 is 1.33 bits per heavy atom. The van der Waals surface area contributed by atoms with Gasteiger partial charge < -0.3 is 8.23 Å². The minimum atomic E-state index is -1.52. The summed E-state index contributed by atoms with van der Waals surface area (Å²) < 4.78 is 12.4. The Labute approximate surface area is 99.5 Å². The summed E-state index contributed by atoms with van der Waals surface area (Å²) in [6, 6.07) is 0. The zero-order valence-corrected chi connectivity index (χ0v) is 14.5. The van der Waals surface area contributed by atoms with Gasteiger partial charge in [-0.25, -0.2) is 0 Å². The topological polar surface area (TPSA) is 18.5 Å². The fourth-order valence-electron chi connectivity index (χ4n) is 1.09. The maximum atomic E-state index is 6.22. The van der Waals surface area contributed by atoms with Crippen LogP contribution < -0.4 is 0 Å². The summed E-state index contributed by atoms with van der Waals surface area (Å²) in [6.07, 6.45) is 0.922. The molecule has 1 atom stereocenters. The van der Waals surface area contributed by atoms with Gasteiger partial charge in [-0.15, -0.1) is 0 Å². The molecule has 0 aromatic rings. The van der Waals surface area contributed by atoms with Crippen LogP contribution in [-0.4, -0.2) is 25.9 Å². The fourth-order valence-corrected chi connectivity index (χ4v) is 9.42. The van der Waals surface area contributed by atoms with Gasteiger partial charge >= 0.3 is 9.28 Å². The molecule has 2 nitrogen and oxygen atoms in total. The Morgan fingerprint density at radius 3 is 1.53 bits per heavy atom. The molecule has 1 unspecified atom stereocenters. The van der Waals surface area contributed by atoms with E-state index in [4.69, 9.17) is 8.23 Å². The highest BCUT2D eigenvalue weighted by Crippen LogP contribution is 2.22. The van der Waals surface area contributed by atoms with Crippen molar-refractivity contribution in [1.82, 2.24) is 0 Å². The van der Waals surface area contributed by atoms with Gasteiger partial charge in [0.2, 0.25) is 0 Å². The molecule has 0 aromatic heterocycles. The molecule has 1 radical (unpaired) electrons. The molecule has 0 heterocycles. The second-order valence-corrected chi connectivity index (χ2v) is 18.3. The third-order valence-electron chi connectivity index (χ3n) is 1.86. The predicted octanol–water partition coefficient (Wildman–Crippen LogP) is 3.52. The quantitative estimate of drug-likeness (QED) is 0.683. The minimum Gasteiger partial charge on any atom is -0.439 e. The highest BCUT2D eigenvalue weighted by molar-refractivity contribution is 6.81. The molecular weight excluding hydrogens is 236 g/mol. The first-order chi connectivity index (χ1) is 6.55. The third-order valence-corrected chi connectivity index (χ3v) is 10.6. The second kappa shape index (κ2) is 5.77. The Balaban J connectivity index is 4.46. The lowest BCUT2D eigenvalue weighted by atomic mass is 10.4. The number of hydrogen-bond acceptors (Lipinski definition) is 2. The van der Waals surface area contributed by atoms with Gasteiger partial charge in [0.1, 0.15) is 0 Å². The average Bonchev–Trinajstić information content (AvgIpc) is 1.96. The van der Waals surface area contributed by atoms with E-state index >= 15 is 0 Å². The molecule has 0 saturated heterocycles. The van der Waals surface area contributed by atoms with Crippen LogP contribution in [0.2, 0.25) is 44.8 Å². The molecule has 0 aliphatic heterocycles. The van der Waals surface area contributed by atoms with Crippen LogP contribution in [-0.2, 0) is 8.23 Å². The standard InChI is InChI=1S/C10H27O2Si3/c1-9-10(2)13(11-14(3,4)5)12-15(6,7)8/h10,13H,1,9H2,2-8H3. The van der Waals surface area contributed by atoms with Gasteiger partial charge in [0.25, 0.3) is 0 Å². The van der Waals surface area contributed by atoms with Crippen molar-refractivity contribution in [2.45, 2.75) is 58.2 Å². The van der Waals surface area contributed by atoms with Crippen LogP contribution in [0.15, 0.2) is 0 Å². The first-order valence-electron chi connectivity index (χ1n) is 5.70. The first kappa shape index (κ1) is 15.6. The monoisotopic (exact) mass is 263 g/mol. The van der Waals surface area contributed by atoms with Crippen molar-refractivity contribution in [3.05, 3.63) is 6.92 Å². The molecule has 0 aromatic carbocycles. The van der Waals surface area contributed by atoms with E-state index in [0.29, 0.717) is 5.54 Å². The van der Waals surface area contributed by atoms with E-state index in [1.54, 1.807) is 0 Å². The molecule has 15 heavy (non-hydrogen) atoms. The maximum absolute atomic E-state index is 6.22. The largest absolute Gasteiger partial charge is 0.439 e. The average molecular weight is 264 g/mol. The van der Waals surface area contributed by atoms with Crippen molar-refractivity contribution in [1.29, 1.82) is 0 Å². The molecular formula is C10H27O2Si3. The lowest BCUT2D eigenvalue weighted by Crippen LogP contribution is -2.45. The zero-order valence-electron chi connectivity index (χ0n) is 11.4. The van der Waals surface area contributed by atoms with Crippen LogP contribution in [0, 0.1) is 6.92 Å². The van der Waals surface area contributed by atoms with Crippen molar-refractivity contribution in [2.24, 2.45) is 0 Å². The Kier molecular flexibility index (Phi) is 5.99. The lowest BCUT2D eigenvalue weighted by Gasteiger charge is -2.33. The summed E-state index contributed by atoms with van der Waals surface area (Å²) in [7, 11) is -4.45. The van der Waals surface area contributed by atoms with Crippen LogP contribution >= 0.6 is 0 Å². The smallest absolute Gasteiger partial charge is 0.303 e. The van der Waals surface area contributed by atoms with Gasteiger partial charge in [0.05, 0.1) is 0 Å². The van der Waals surface area contributed by atoms with Crippen molar-refractivity contribution < 1.29 is 8.23 Å². The van der Waals surface area contributed by atoms with Crippen LogP contribution in [0.4, 0.5) is 0 Å². The Morgan fingerprint density at radius 1 is 1.00 bits per heavy atom. The molecule has 0 aliphatic carbocycles. The summed E-state index contributed by atoms with van der Waals surface area (Å²) >= 11 is 0. The first-order valence-corrected chi connectivity index (χ1v) is 14.1. The molecule has 0 bridgehead atoms. The highest BCUT2D eigenvalue weighted by atomic mass is 28.4. The summed E-state index contributed by atoms with van der Waals surface area (Å²) in [5.74, 6) is 0. The predicted molar refractivity (Wildman–Crippen MR) is 75.4 cm³/mol. The highest BCUT2D eigenvalue weighted by Gasteiger charge is 2.31. The SMILES string of the molecule is [CH2]CC(C)[SiH](O[Si](C)(C)C)O[Si](C)(C)C. The molecule has 91 valence electrons. The molecule has 0 aliphatic rings. The van der Waals surface area contributed by atoms with Gasteiger partial charge in [-0.2, -0.15) is 0 Å². The maximum Gasteiger partial charge on any atom is 0.303 e. The summed E-state index contributed by atoms with van der Waals surface area (Å²) in [5.41, 5.74) is 0.517. The van der Waals surface area contributed by atoms with E-state index in [0.717, 1.165) is 6.42 Å². The van der Waals surface area contributed by atoms with Gasteiger partial charge in [0.15, 0.2) is 16.6 Å². The molecule has 0 rings (SSSR count). The van der Waals surface area contributed by atoms with Crippen LogP contribution in [0.25, 0.3) is 0 Å². The number of hydrogen-bond donors (Lipinski definition) is 0. The molecule has 0 N–H and O–H groups in total. The Hall–Kier alpha value is 0.571. The molecule has 0 saturated carbocycles. The van der Waals surface area contributed by atoms with Crippen molar-refractivity contribution in [2.75, 3.05) is 0 Å². The molecule has 0 fully saturated rings. The lowest BCUT2D eigenvalue weighted by molar-refractivity contribution is 0.400. The van der Waals surface area contributed by atoms with Crippen LogP contribution in [0.5, 0.6) is 0 Å². The zero-order chi connectivity index (χ0) is 12.3. The van der Waals surface area contributed by atoms with Crippen molar-refractivity contribution in [3.63, 3.8) is 0 Å². The molecule has 0 amide bonds. The third kappa shape index (κ3) is 8.39. The van der Waals surface area contributed by atoms with E-state index < -0.39 is 25.9 Å². The molecule has 0 spiro atoms. The summed E-state index contributed by atoms with van der Waals surface area (Å²) in [5, 5.41) is 0. The van der Waals surface area contributed by atoms with E-state index in [1.165, 1.54) is 0 Å². The summed E-state index contributed by atoms with van der Waals surface area (Å²) in [4.78, 5) is 0. The van der Waals surface area contributed by atoms with Crippen LogP contribution in [0.3, 0.4) is 0 Å². The van der Waals surface area contributed by atoms with Gasteiger partial charge in [-0.1, -0.05) is 13.8 Å². The fraction of sp³-hybridized carbons (Fsp3) is 0.900. The summed E-state index contributed by atoms with van der Waals surface area (Å²) in [6.45, 7) is 19.6. The van der Waals surface area contributed by atoms with E-state index in [9.17, 15) is 0 Å².